The molecule has 17 heavy (non-hydrogen) atoms. The molecular weight excluding hydrogens is 304 g/mol. The zero-order valence-electron chi connectivity index (χ0n) is 9.85. The van der Waals surface area contributed by atoms with Gasteiger partial charge in [-0.3, -0.25) is 0 Å². The third-order valence-electron chi connectivity index (χ3n) is 2.99. The minimum absolute atomic E-state index is 0.205. The highest BCUT2D eigenvalue weighted by Crippen LogP contribution is 2.27. The van der Waals surface area contributed by atoms with Crippen molar-refractivity contribution in [2.45, 2.75) is 19.1 Å². The third kappa shape index (κ3) is 2.63. The Kier molecular flexibility index (Phi) is 3.45. The summed E-state index contributed by atoms with van der Waals surface area (Å²) in [4.78, 5) is 6.39. The predicted octanol–water partition coefficient (Wildman–Crippen LogP) is 1.78. The molecule has 0 saturated carbocycles. The average Bonchev–Trinajstić information content (AvgIpc) is 2.23. The smallest absolute Gasteiger partial charge is 0.156 e. The molecular formula is C11H15BrN2O2S. The Morgan fingerprint density at radius 1 is 1.53 bits per heavy atom. The van der Waals surface area contributed by atoms with Crippen molar-refractivity contribution in [3.8, 4) is 0 Å². The second kappa shape index (κ2) is 4.57. The first-order valence-corrected chi connectivity index (χ1v) is 7.99. The van der Waals surface area contributed by atoms with E-state index in [0.717, 1.165) is 15.9 Å². The van der Waals surface area contributed by atoms with Crippen LogP contribution in [0.2, 0.25) is 0 Å². The fraction of sp³-hybridized carbons (Fsp3) is 0.545. The van der Waals surface area contributed by atoms with Gasteiger partial charge in [-0.05, 0) is 41.4 Å². The molecule has 6 heteroatoms. The molecule has 2 heterocycles. The monoisotopic (exact) mass is 318 g/mol. The van der Waals surface area contributed by atoms with Crippen LogP contribution in [0, 0.1) is 6.92 Å². The molecule has 2 rings (SSSR count). The fourth-order valence-corrected chi connectivity index (χ4v) is 3.90. The molecule has 1 atom stereocenters. The Morgan fingerprint density at radius 2 is 2.24 bits per heavy atom. The summed E-state index contributed by atoms with van der Waals surface area (Å²) < 4.78 is 24.2. The molecule has 0 radical (unpaired) electrons. The summed E-state index contributed by atoms with van der Waals surface area (Å²) in [6, 6.07) is 2.00. The Labute approximate surface area is 110 Å². The van der Waals surface area contributed by atoms with Crippen LogP contribution in [0.5, 0.6) is 0 Å². The van der Waals surface area contributed by atoms with E-state index in [9.17, 15) is 8.42 Å². The first kappa shape index (κ1) is 12.8. The lowest BCUT2D eigenvalue weighted by Gasteiger charge is -2.32. The molecule has 1 aromatic rings. The highest BCUT2D eigenvalue weighted by molar-refractivity contribution is 9.10. The average molecular weight is 319 g/mol. The molecule has 0 spiro atoms. The van der Waals surface area contributed by atoms with Crippen molar-refractivity contribution < 1.29 is 8.42 Å². The largest absolute Gasteiger partial charge is 0.353 e. The molecule has 0 amide bonds. The SMILES string of the molecule is Cc1cnc(N2CCS(=O)(=O)[C@H](C)C2)c(Br)c1. The van der Waals surface area contributed by atoms with Gasteiger partial charge in [0.1, 0.15) is 5.82 Å². The van der Waals surface area contributed by atoms with E-state index in [1.54, 1.807) is 13.1 Å². The van der Waals surface area contributed by atoms with E-state index in [-0.39, 0.29) is 11.0 Å². The number of halogens is 1. The number of nitrogens with zero attached hydrogens (tertiary/aromatic N) is 2. The quantitative estimate of drug-likeness (QED) is 0.792. The van der Waals surface area contributed by atoms with Crippen LogP contribution >= 0.6 is 15.9 Å². The van der Waals surface area contributed by atoms with Gasteiger partial charge < -0.3 is 4.90 Å². The minimum Gasteiger partial charge on any atom is -0.353 e. The summed E-state index contributed by atoms with van der Waals surface area (Å²) in [5.41, 5.74) is 1.08. The van der Waals surface area contributed by atoms with E-state index in [2.05, 4.69) is 20.9 Å². The third-order valence-corrected chi connectivity index (χ3v) is 5.70. The zero-order valence-corrected chi connectivity index (χ0v) is 12.3. The van der Waals surface area contributed by atoms with E-state index < -0.39 is 9.84 Å². The highest BCUT2D eigenvalue weighted by Gasteiger charge is 2.30. The molecule has 0 bridgehead atoms. The normalized spacial score (nSPS) is 23.7. The minimum atomic E-state index is -2.91. The van der Waals surface area contributed by atoms with E-state index in [1.807, 2.05) is 17.9 Å². The molecule has 4 nitrogen and oxygen atoms in total. The van der Waals surface area contributed by atoms with E-state index in [4.69, 9.17) is 0 Å². The van der Waals surface area contributed by atoms with Crippen LogP contribution in [0.3, 0.4) is 0 Å². The maximum atomic E-state index is 11.6. The molecule has 1 aliphatic heterocycles. The van der Waals surface area contributed by atoms with Crippen LogP contribution in [0.4, 0.5) is 5.82 Å². The van der Waals surface area contributed by atoms with Crippen molar-refractivity contribution in [1.82, 2.24) is 4.98 Å². The fourth-order valence-electron chi connectivity index (χ4n) is 1.91. The lowest BCUT2D eigenvalue weighted by atomic mass is 10.3. The lowest BCUT2D eigenvalue weighted by Crippen LogP contribution is -2.46. The molecule has 0 unspecified atom stereocenters. The van der Waals surface area contributed by atoms with Crippen molar-refractivity contribution in [1.29, 1.82) is 0 Å². The second-order valence-corrected chi connectivity index (χ2v) is 7.83. The first-order valence-electron chi connectivity index (χ1n) is 5.49. The number of anilines is 1. The summed E-state index contributed by atoms with van der Waals surface area (Å²) in [5.74, 6) is 1.04. The number of aryl methyl sites for hydroxylation is 1. The van der Waals surface area contributed by atoms with Gasteiger partial charge in [0.05, 0.1) is 15.5 Å². The number of aromatic nitrogens is 1. The Morgan fingerprint density at radius 3 is 2.82 bits per heavy atom. The molecule has 1 fully saturated rings. The standard InChI is InChI=1S/C11H15BrN2O2S/c1-8-5-10(12)11(13-6-8)14-3-4-17(15,16)9(2)7-14/h5-6,9H,3-4,7H2,1-2H3/t9-/m1/s1. The molecule has 1 saturated heterocycles. The van der Waals surface area contributed by atoms with E-state index >= 15 is 0 Å². The van der Waals surface area contributed by atoms with Crippen LogP contribution in [0.25, 0.3) is 0 Å². The Hall–Kier alpha value is -0.620. The van der Waals surface area contributed by atoms with Crippen LogP contribution in [-0.2, 0) is 9.84 Å². The summed E-state index contributed by atoms with van der Waals surface area (Å²) in [5, 5.41) is -0.328. The Bertz CT molecular complexity index is 530. The van der Waals surface area contributed by atoms with Crippen LogP contribution in [0.1, 0.15) is 12.5 Å². The van der Waals surface area contributed by atoms with Crippen molar-refractivity contribution >= 4 is 31.6 Å². The maximum Gasteiger partial charge on any atom is 0.156 e. The van der Waals surface area contributed by atoms with Gasteiger partial charge in [0.15, 0.2) is 9.84 Å². The van der Waals surface area contributed by atoms with Crippen molar-refractivity contribution in [3.63, 3.8) is 0 Å². The van der Waals surface area contributed by atoms with Gasteiger partial charge in [0.25, 0.3) is 0 Å². The summed E-state index contributed by atoms with van der Waals surface area (Å²) in [6.45, 7) is 4.76. The Balaban J connectivity index is 2.25. The van der Waals surface area contributed by atoms with E-state index in [0.29, 0.717) is 13.1 Å². The molecule has 0 aromatic carbocycles. The predicted molar refractivity (Wildman–Crippen MR) is 72.1 cm³/mol. The molecule has 1 aromatic heterocycles. The van der Waals surface area contributed by atoms with Gasteiger partial charge in [-0.2, -0.15) is 0 Å². The van der Waals surface area contributed by atoms with Crippen molar-refractivity contribution in [2.24, 2.45) is 0 Å². The van der Waals surface area contributed by atoms with Gasteiger partial charge in [-0.15, -0.1) is 0 Å². The summed E-state index contributed by atoms with van der Waals surface area (Å²) in [6.07, 6.45) is 1.80. The highest BCUT2D eigenvalue weighted by atomic mass is 79.9. The van der Waals surface area contributed by atoms with Crippen LogP contribution < -0.4 is 4.90 Å². The number of rotatable bonds is 1. The van der Waals surface area contributed by atoms with Gasteiger partial charge >= 0.3 is 0 Å². The number of hydrogen-bond acceptors (Lipinski definition) is 4. The maximum absolute atomic E-state index is 11.6. The van der Waals surface area contributed by atoms with E-state index in [1.165, 1.54) is 0 Å². The van der Waals surface area contributed by atoms with Crippen LogP contribution in [0.15, 0.2) is 16.7 Å². The van der Waals surface area contributed by atoms with Gasteiger partial charge in [0.2, 0.25) is 0 Å². The van der Waals surface area contributed by atoms with Gasteiger partial charge in [-0.1, -0.05) is 0 Å². The lowest BCUT2D eigenvalue weighted by molar-refractivity contribution is 0.568. The molecule has 0 N–H and O–H groups in total. The molecule has 0 aliphatic carbocycles. The summed E-state index contributed by atoms with van der Waals surface area (Å²) in [7, 11) is -2.91. The van der Waals surface area contributed by atoms with Crippen LogP contribution in [-0.4, -0.2) is 37.5 Å². The van der Waals surface area contributed by atoms with Gasteiger partial charge in [0, 0.05) is 19.3 Å². The topological polar surface area (TPSA) is 50.3 Å². The van der Waals surface area contributed by atoms with Crippen molar-refractivity contribution in [3.05, 3.63) is 22.3 Å². The molecule has 94 valence electrons. The first-order chi connectivity index (χ1) is 7.90. The van der Waals surface area contributed by atoms with Gasteiger partial charge in [-0.25, -0.2) is 13.4 Å². The number of pyridine rings is 1. The number of hydrogen-bond donors (Lipinski definition) is 0. The van der Waals surface area contributed by atoms with Crippen molar-refractivity contribution in [2.75, 3.05) is 23.7 Å². The number of sulfone groups is 1. The summed E-state index contributed by atoms with van der Waals surface area (Å²) >= 11 is 3.48. The zero-order chi connectivity index (χ0) is 12.6. The second-order valence-electron chi connectivity index (χ2n) is 4.44. The molecule has 1 aliphatic rings.